The van der Waals surface area contributed by atoms with Crippen molar-refractivity contribution in [1.29, 1.82) is 0 Å². The molecule has 2 aliphatic rings. The minimum atomic E-state index is -1.05. The lowest BCUT2D eigenvalue weighted by Crippen LogP contribution is -2.47. The molecule has 1 aliphatic carbocycles. The van der Waals surface area contributed by atoms with E-state index in [1.165, 1.54) is 11.3 Å². The van der Waals surface area contributed by atoms with Gasteiger partial charge in [0.2, 0.25) is 0 Å². The largest absolute Gasteiger partial charge is 0.480 e. The van der Waals surface area contributed by atoms with Gasteiger partial charge in [-0.25, -0.2) is 9.59 Å². The SMILES string of the molecule is CC1CCC(CNC(=O)N2C[C@@H](O)C[C@H]2C(=O)O)C1. The zero-order chi connectivity index (χ0) is 14.0. The van der Waals surface area contributed by atoms with E-state index >= 15 is 0 Å². The van der Waals surface area contributed by atoms with Gasteiger partial charge in [-0.3, -0.25) is 0 Å². The van der Waals surface area contributed by atoms with Crippen LogP contribution >= 0.6 is 0 Å². The maximum Gasteiger partial charge on any atom is 0.326 e. The number of aliphatic hydroxyl groups excluding tert-OH is 1. The Bertz CT molecular complexity index is 361. The fraction of sp³-hybridized carbons (Fsp3) is 0.846. The number of amides is 2. The molecular formula is C13H22N2O4. The van der Waals surface area contributed by atoms with Crippen molar-refractivity contribution in [2.24, 2.45) is 11.8 Å². The predicted octanol–water partition coefficient (Wildman–Crippen LogP) is 0.652. The van der Waals surface area contributed by atoms with E-state index in [0.717, 1.165) is 12.8 Å². The molecule has 0 spiro atoms. The van der Waals surface area contributed by atoms with E-state index in [1.807, 2.05) is 0 Å². The first kappa shape index (κ1) is 14.1. The second kappa shape index (κ2) is 5.77. The molecule has 2 rings (SSSR count). The number of nitrogens with zero attached hydrogens (tertiary/aromatic N) is 1. The van der Waals surface area contributed by atoms with E-state index in [-0.39, 0.29) is 19.0 Å². The third-order valence-electron chi connectivity index (χ3n) is 4.17. The first-order chi connectivity index (χ1) is 8.97. The number of carboxylic acid groups (broad SMARTS) is 1. The number of nitrogens with one attached hydrogen (secondary N) is 1. The van der Waals surface area contributed by atoms with Gasteiger partial charge in [0, 0.05) is 19.5 Å². The maximum absolute atomic E-state index is 12.0. The number of β-amino-alcohol motifs (C(OH)–C–C–N with tert-alkyl or cyclic N) is 1. The standard InChI is InChI=1S/C13H22N2O4/c1-8-2-3-9(4-8)6-14-13(19)15-7-10(16)5-11(15)12(17)18/h8-11,16H,2-7H2,1H3,(H,14,19)(H,17,18)/t8?,9?,10-,11-/m0/s1. The van der Waals surface area contributed by atoms with Crippen LogP contribution in [-0.2, 0) is 4.79 Å². The van der Waals surface area contributed by atoms with Crippen molar-refractivity contribution in [2.75, 3.05) is 13.1 Å². The number of carbonyl (C=O) groups is 2. The van der Waals surface area contributed by atoms with Crippen LogP contribution in [0.25, 0.3) is 0 Å². The summed E-state index contributed by atoms with van der Waals surface area (Å²) < 4.78 is 0. The molecule has 1 aliphatic heterocycles. The quantitative estimate of drug-likeness (QED) is 0.702. The van der Waals surface area contributed by atoms with E-state index < -0.39 is 18.1 Å². The summed E-state index contributed by atoms with van der Waals surface area (Å²) in [4.78, 5) is 24.2. The van der Waals surface area contributed by atoms with Gasteiger partial charge in [0.15, 0.2) is 0 Å². The van der Waals surface area contributed by atoms with Crippen molar-refractivity contribution in [3.63, 3.8) is 0 Å². The Balaban J connectivity index is 1.83. The summed E-state index contributed by atoms with van der Waals surface area (Å²) in [6, 6.07) is -1.28. The van der Waals surface area contributed by atoms with E-state index in [0.29, 0.717) is 18.4 Å². The summed E-state index contributed by atoms with van der Waals surface area (Å²) in [6.07, 6.45) is 2.81. The monoisotopic (exact) mass is 270 g/mol. The van der Waals surface area contributed by atoms with Crippen molar-refractivity contribution in [2.45, 2.75) is 44.8 Å². The molecule has 1 saturated heterocycles. The van der Waals surface area contributed by atoms with E-state index in [1.54, 1.807) is 0 Å². The molecule has 19 heavy (non-hydrogen) atoms. The molecule has 0 aromatic carbocycles. The van der Waals surface area contributed by atoms with Crippen LogP contribution in [0.5, 0.6) is 0 Å². The molecular weight excluding hydrogens is 248 g/mol. The number of carboxylic acids is 1. The number of likely N-dealkylation sites (tertiary alicyclic amines) is 1. The molecule has 0 bridgehead atoms. The summed E-state index contributed by atoms with van der Waals surface area (Å²) in [5.74, 6) is 0.151. The van der Waals surface area contributed by atoms with Crippen LogP contribution in [0.3, 0.4) is 0 Å². The fourth-order valence-corrected chi connectivity index (χ4v) is 3.12. The minimum absolute atomic E-state index is 0.101. The molecule has 2 amide bonds. The van der Waals surface area contributed by atoms with Gasteiger partial charge in [-0.1, -0.05) is 13.3 Å². The van der Waals surface area contributed by atoms with Crippen molar-refractivity contribution < 1.29 is 19.8 Å². The number of hydrogen-bond acceptors (Lipinski definition) is 3. The molecule has 1 heterocycles. The molecule has 0 aromatic heterocycles. The number of aliphatic hydroxyl groups is 1. The summed E-state index contributed by atoms with van der Waals surface area (Å²) in [5.41, 5.74) is 0. The van der Waals surface area contributed by atoms with Gasteiger partial charge in [0.25, 0.3) is 0 Å². The summed E-state index contributed by atoms with van der Waals surface area (Å²) in [7, 11) is 0. The zero-order valence-corrected chi connectivity index (χ0v) is 11.2. The number of carbonyl (C=O) groups excluding carboxylic acids is 1. The number of urea groups is 1. The lowest BCUT2D eigenvalue weighted by Gasteiger charge is -2.22. The third kappa shape index (κ3) is 3.37. The van der Waals surface area contributed by atoms with Gasteiger partial charge in [-0.15, -0.1) is 0 Å². The Hall–Kier alpha value is -1.30. The van der Waals surface area contributed by atoms with Crippen LogP contribution in [-0.4, -0.2) is 52.3 Å². The van der Waals surface area contributed by atoms with Crippen molar-refractivity contribution in [1.82, 2.24) is 10.2 Å². The third-order valence-corrected chi connectivity index (χ3v) is 4.17. The minimum Gasteiger partial charge on any atom is -0.480 e. The molecule has 2 unspecified atom stereocenters. The van der Waals surface area contributed by atoms with Crippen molar-refractivity contribution in [3.05, 3.63) is 0 Å². The smallest absolute Gasteiger partial charge is 0.326 e. The molecule has 6 heteroatoms. The van der Waals surface area contributed by atoms with E-state index in [2.05, 4.69) is 12.2 Å². The highest BCUT2D eigenvalue weighted by molar-refractivity contribution is 5.83. The normalized spacial score (nSPS) is 34.5. The molecule has 1 saturated carbocycles. The summed E-state index contributed by atoms with van der Waals surface area (Å²) in [5, 5.41) is 21.3. The molecule has 108 valence electrons. The fourth-order valence-electron chi connectivity index (χ4n) is 3.12. The zero-order valence-electron chi connectivity index (χ0n) is 11.2. The molecule has 0 aromatic rings. The maximum atomic E-state index is 12.0. The molecule has 6 nitrogen and oxygen atoms in total. The van der Waals surface area contributed by atoms with Gasteiger partial charge in [-0.2, -0.15) is 0 Å². The van der Waals surface area contributed by atoms with Crippen LogP contribution in [0.4, 0.5) is 4.79 Å². The predicted molar refractivity (Wildman–Crippen MR) is 68.7 cm³/mol. The number of aliphatic carboxylic acids is 1. The summed E-state index contributed by atoms with van der Waals surface area (Å²) >= 11 is 0. The lowest BCUT2D eigenvalue weighted by atomic mass is 10.1. The molecule has 0 radical (unpaired) electrons. The average Bonchev–Trinajstić information content (AvgIpc) is 2.92. The Labute approximate surface area is 112 Å². The van der Waals surface area contributed by atoms with E-state index in [9.17, 15) is 14.7 Å². The molecule has 4 atom stereocenters. The molecule has 2 fully saturated rings. The highest BCUT2D eigenvalue weighted by Gasteiger charge is 2.39. The van der Waals surface area contributed by atoms with Gasteiger partial charge >= 0.3 is 12.0 Å². The van der Waals surface area contributed by atoms with Crippen LogP contribution in [0, 0.1) is 11.8 Å². The Morgan fingerprint density at radius 1 is 1.32 bits per heavy atom. The Morgan fingerprint density at radius 2 is 2.05 bits per heavy atom. The Morgan fingerprint density at radius 3 is 2.63 bits per heavy atom. The first-order valence-electron chi connectivity index (χ1n) is 6.92. The van der Waals surface area contributed by atoms with Crippen molar-refractivity contribution >= 4 is 12.0 Å². The highest BCUT2D eigenvalue weighted by atomic mass is 16.4. The van der Waals surface area contributed by atoms with Gasteiger partial charge in [0.1, 0.15) is 6.04 Å². The molecule has 3 N–H and O–H groups in total. The van der Waals surface area contributed by atoms with Crippen LogP contribution in [0.1, 0.15) is 32.6 Å². The van der Waals surface area contributed by atoms with Gasteiger partial charge in [0.05, 0.1) is 6.10 Å². The number of rotatable bonds is 3. The topological polar surface area (TPSA) is 89.9 Å². The highest BCUT2D eigenvalue weighted by Crippen LogP contribution is 2.29. The van der Waals surface area contributed by atoms with Crippen LogP contribution < -0.4 is 5.32 Å². The second-order valence-corrected chi connectivity index (χ2v) is 5.87. The van der Waals surface area contributed by atoms with Gasteiger partial charge < -0.3 is 20.4 Å². The average molecular weight is 270 g/mol. The first-order valence-corrected chi connectivity index (χ1v) is 6.92. The van der Waals surface area contributed by atoms with E-state index in [4.69, 9.17) is 5.11 Å². The summed E-state index contributed by atoms with van der Waals surface area (Å²) in [6.45, 7) is 2.91. The van der Waals surface area contributed by atoms with Crippen LogP contribution in [0.15, 0.2) is 0 Å². The Kier molecular flexibility index (Phi) is 4.29. The second-order valence-electron chi connectivity index (χ2n) is 5.87. The van der Waals surface area contributed by atoms with Crippen molar-refractivity contribution in [3.8, 4) is 0 Å². The lowest BCUT2D eigenvalue weighted by molar-refractivity contribution is -0.141. The van der Waals surface area contributed by atoms with Gasteiger partial charge in [-0.05, 0) is 24.7 Å². The number of hydrogen-bond donors (Lipinski definition) is 3. The van der Waals surface area contributed by atoms with Crippen LogP contribution in [0.2, 0.25) is 0 Å².